The van der Waals surface area contributed by atoms with E-state index in [-0.39, 0.29) is 19.7 Å². The average Bonchev–Trinajstić information content (AvgIpc) is 1.56. The number of aromatic nitrogens is 3. The van der Waals surface area contributed by atoms with Crippen LogP contribution in [0.5, 0.6) is 0 Å². The standard InChI is InChI=1S/C49H53Br2N3.C33H48B2O4.C22H21Br2N.C20H15Br2N/c1-6-7-8-9-10-11-12-13-14-15-16-37-17-19-40(20-18-37)47-52-48(41-25-21-38(22-26-41)45-33(2)29-43(50)30-34(45)3)54-49(53-47)42-27-23-39(24-28-42)46-35(4)31-44(51)32-36(46)5;1-3-5-7-9-11-13-19-33(20-14-12-10-8-6-4-2)31-25-27(34-36-21-22-37-34)15-17-29(31)30-18-16-28(26-32(30)33)35-38-23-24-39-35;1-3-16(2)17-4-10-20(11-5-17)25(21-12-6-18(23)7-13-21)22-14-8-19(24)9-15-22;21-16-4-9-18(10-5-16)23(19-11-6-17(22)7-12-19)20-8-3-14-1-2-15(14)13-20/h17-32H,6-16H2,1-5H3;15-18,25-26H,3-14,19-24H2,1-2H3;4-16H,3H2,1-2H3;3-13H,1-2H2. The predicted octanol–water partition coefficient (Wildman–Crippen LogP) is 37.3. The maximum absolute atomic E-state index is 5.95. The van der Waals surface area contributed by atoms with Crippen molar-refractivity contribution in [3.05, 3.63) is 355 Å². The Hall–Kier alpha value is -8.68. The first-order valence-electron chi connectivity index (χ1n) is 52.0. The molecule has 730 valence electrons. The summed E-state index contributed by atoms with van der Waals surface area (Å²) in [6, 6.07) is 98.3. The number of nitrogens with zero attached hydrogens (tertiary/aromatic N) is 5. The Morgan fingerprint density at radius 2 is 0.610 bits per heavy atom. The zero-order chi connectivity index (χ0) is 98.6. The number of unbranched alkanes of at least 4 members (excludes halogenated alkanes) is 19. The van der Waals surface area contributed by atoms with Gasteiger partial charge in [-0.05, 0) is 324 Å². The minimum Gasteiger partial charge on any atom is -0.405 e. The van der Waals surface area contributed by atoms with Crippen LogP contribution in [0.15, 0.2) is 300 Å². The molecule has 18 rings (SSSR count). The topological polar surface area (TPSA) is 82.1 Å². The van der Waals surface area contributed by atoms with Gasteiger partial charge in [0.1, 0.15) is 0 Å². The molecule has 2 aliphatic carbocycles. The quantitative estimate of drug-likeness (QED) is 0.0275. The summed E-state index contributed by atoms with van der Waals surface area (Å²) < 4.78 is 30.3. The van der Waals surface area contributed by atoms with Crippen molar-refractivity contribution in [2.45, 2.75) is 253 Å². The molecule has 1 atom stereocenters. The highest BCUT2D eigenvalue weighted by Gasteiger charge is 2.45. The molecule has 0 amide bonds. The molecular weight excluding hydrogens is 2120 g/mol. The second-order valence-corrected chi connectivity index (χ2v) is 44.2. The monoisotopic (exact) mass is 2260 g/mol. The molecule has 2 fully saturated rings. The number of benzene rings is 13. The first-order chi connectivity index (χ1) is 68.7. The second kappa shape index (κ2) is 53.4. The molecule has 4 aliphatic rings. The van der Waals surface area contributed by atoms with Gasteiger partial charge in [-0.15, -0.1) is 0 Å². The van der Waals surface area contributed by atoms with E-state index in [9.17, 15) is 0 Å². The number of hydrogen-bond acceptors (Lipinski definition) is 9. The van der Waals surface area contributed by atoms with E-state index in [0.29, 0.717) is 49.8 Å². The van der Waals surface area contributed by atoms with Crippen LogP contribution in [-0.2, 0) is 43.3 Å². The maximum Gasteiger partial charge on any atom is 0.494 e. The molecule has 13 aromatic carbocycles. The first-order valence-corrected chi connectivity index (χ1v) is 56.7. The fraction of sp³-hybridized carbons (Fsp3) is 0.347. The molecule has 0 N–H and O–H groups in total. The van der Waals surface area contributed by atoms with Crippen LogP contribution in [0.1, 0.15) is 257 Å². The lowest BCUT2D eigenvalue weighted by molar-refractivity contribution is 0.365. The summed E-state index contributed by atoms with van der Waals surface area (Å²) in [7, 11) is -0.480. The smallest absolute Gasteiger partial charge is 0.405 e. The van der Waals surface area contributed by atoms with E-state index < -0.39 is 0 Å². The molecule has 0 radical (unpaired) electrons. The highest BCUT2D eigenvalue weighted by molar-refractivity contribution is 9.11. The largest absolute Gasteiger partial charge is 0.494 e. The minimum atomic E-state index is -0.240. The molecule has 2 saturated heterocycles. The Kier molecular flexibility index (Phi) is 40.4. The fourth-order valence-electron chi connectivity index (χ4n) is 20.5. The summed E-state index contributed by atoms with van der Waals surface area (Å²) in [5.74, 6) is 2.61. The Balaban J connectivity index is 0.000000150. The molecule has 17 heteroatoms. The summed E-state index contributed by atoms with van der Waals surface area (Å²) in [6.07, 6.45) is 36.4. The molecule has 0 spiro atoms. The number of halogens is 6. The Morgan fingerprint density at radius 1 is 0.305 bits per heavy atom. The van der Waals surface area contributed by atoms with Gasteiger partial charge in [0.15, 0.2) is 17.5 Å². The van der Waals surface area contributed by atoms with Gasteiger partial charge in [0.25, 0.3) is 0 Å². The van der Waals surface area contributed by atoms with Crippen LogP contribution in [0, 0.1) is 27.7 Å². The van der Waals surface area contributed by atoms with Crippen molar-refractivity contribution >= 4 is 155 Å². The van der Waals surface area contributed by atoms with Gasteiger partial charge in [-0.2, -0.15) is 0 Å². The lowest BCUT2D eigenvalue weighted by atomic mass is 9.67. The molecule has 0 bridgehead atoms. The number of hydrogen-bond donors (Lipinski definition) is 0. The minimum absolute atomic E-state index is 0.0173. The summed E-state index contributed by atoms with van der Waals surface area (Å²) in [6.45, 7) is 22.7. The van der Waals surface area contributed by atoms with Crippen LogP contribution in [0.4, 0.5) is 34.1 Å². The van der Waals surface area contributed by atoms with Crippen molar-refractivity contribution in [3.8, 4) is 67.5 Å². The van der Waals surface area contributed by atoms with Crippen molar-refractivity contribution in [2.75, 3.05) is 36.2 Å². The first kappa shape index (κ1) is 107. The third kappa shape index (κ3) is 28.6. The zero-order valence-electron chi connectivity index (χ0n) is 84.0. The van der Waals surface area contributed by atoms with Crippen LogP contribution in [-0.4, -0.2) is 55.6 Å². The molecular formula is C124H137B2Br6N5O4. The highest BCUT2D eigenvalue weighted by Crippen LogP contribution is 2.55. The highest BCUT2D eigenvalue weighted by atomic mass is 79.9. The van der Waals surface area contributed by atoms with E-state index in [0.717, 1.165) is 95.7 Å². The SMILES string of the molecule is Brc1ccc(N(c2ccc(Br)cc2)c2ccc3c(c2)CC3)cc1.CCC(C)c1ccc(N(c2ccc(Br)cc2)c2ccc(Br)cc2)cc1.CCCCCCCCC1(CCCCCCCC)c2cc(B3OCCO3)ccc2-c2ccc(B3OCCO3)cc21.CCCCCCCCCCCCc1ccc(-c2nc(-c3ccc(-c4c(C)cc(Br)cc4C)cc3)nc(-c3ccc(-c4c(C)cc(Br)cc4C)cc3)n2)cc1. The lowest BCUT2D eigenvalue weighted by Gasteiger charge is -2.33. The summed E-state index contributed by atoms with van der Waals surface area (Å²) in [4.78, 5) is 19.8. The molecule has 3 heterocycles. The van der Waals surface area contributed by atoms with Gasteiger partial charge in [-0.3, -0.25) is 0 Å². The van der Waals surface area contributed by atoms with Crippen LogP contribution in [0.25, 0.3) is 67.5 Å². The number of anilines is 6. The van der Waals surface area contributed by atoms with Crippen LogP contribution in [0.3, 0.4) is 0 Å². The van der Waals surface area contributed by atoms with Gasteiger partial charge in [0.05, 0.1) is 26.4 Å². The van der Waals surface area contributed by atoms with Gasteiger partial charge in [-0.1, -0.05) is 392 Å². The van der Waals surface area contributed by atoms with Gasteiger partial charge >= 0.3 is 14.2 Å². The van der Waals surface area contributed by atoms with Crippen LogP contribution < -0.4 is 20.7 Å². The Bertz CT molecular complexity index is 6000. The molecule has 14 aromatic rings. The molecule has 2 aliphatic heterocycles. The average molecular weight is 2260 g/mol. The third-order valence-electron chi connectivity index (χ3n) is 28.4. The van der Waals surface area contributed by atoms with Gasteiger partial charge in [-0.25, -0.2) is 15.0 Å². The number of aryl methyl sites for hydroxylation is 7. The van der Waals surface area contributed by atoms with E-state index in [4.69, 9.17) is 33.6 Å². The van der Waals surface area contributed by atoms with Gasteiger partial charge < -0.3 is 28.4 Å². The summed E-state index contributed by atoms with van der Waals surface area (Å²) in [5.41, 5.74) is 33.6. The summed E-state index contributed by atoms with van der Waals surface area (Å²) >= 11 is 21.4. The van der Waals surface area contributed by atoms with Crippen molar-refractivity contribution in [2.24, 2.45) is 0 Å². The van der Waals surface area contributed by atoms with E-state index in [1.165, 1.54) is 262 Å². The maximum atomic E-state index is 5.95. The van der Waals surface area contributed by atoms with E-state index in [2.05, 4.69) is 441 Å². The number of rotatable bonds is 40. The molecule has 9 nitrogen and oxygen atoms in total. The van der Waals surface area contributed by atoms with Crippen molar-refractivity contribution in [1.29, 1.82) is 0 Å². The normalized spacial score (nSPS) is 13.4. The van der Waals surface area contributed by atoms with Gasteiger partial charge in [0, 0.05) is 83.1 Å². The Morgan fingerprint density at radius 3 is 0.943 bits per heavy atom. The lowest BCUT2D eigenvalue weighted by Crippen LogP contribution is -2.35. The molecule has 0 saturated carbocycles. The predicted molar refractivity (Wildman–Crippen MR) is 619 cm³/mol. The number of fused-ring (bicyclic) bond motifs is 4. The van der Waals surface area contributed by atoms with Crippen molar-refractivity contribution < 1.29 is 18.6 Å². The molecule has 1 unspecified atom stereocenters. The zero-order valence-corrected chi connectivity index (χ0v) is 93.5. The van der Waals surface area contributed by atoms with E-state index in [1.54, 1.807) is 0 Å². The van der Waals surface area contributed by atoms with E-state index in [1.807, 2.05) is 0 Å². The second-order valence-electron chi connectivity index (χ2n) is 38.7. The third-order valence-corrected chi connectivity index (χ3v) is 31.4. The van der Waals surface area contributed by atoms with Gasteiger partial charge in [0.2, 0.25) is 0 Å². The van der Waals surface area contributed by atoms with Crippen molar-refractivity contribution in [1.82, 2.24) is 15.0 Å². The van der Waals surface area contributed by atoms with Crippen molar-refractivity contribution in [3.63, 3.8) is 0 Å². The van der Waals surface area contributed by atoms with E-state index >= 15 is 0 Å². The molecule has 1 aromatic heterocycles. The van der Waals surface area contributed by atoms with Crippen LogP contribution >= 0.6 is 95.6 Å². The Labute approximate surface area is 892 Å². The fourth-order valence-corrected chi connectivity index (χ4v) is 22.9. The van der Waals surface area contributed by atoms with Crippen LogP contribution in [0.2, 0.25) is 0 Å². The summed E-state index contributed by atoms with van der Waals surface area (Å²) in [5, 5.41) is 0. The molecule has 141 heavy (non-hydrogen) atoms.